The van der Waals surface area contributed by atoms with Crippen LogP contribution < -0.4 is 16.7 Å². The number of hydrogen-bond donors (Lipinski definition) is 3. The van der Waals surface area contributed by atoms with E-state index in [1.807, 2.05) is 0 Å². The Morgan fingerprint density at radius 3 is 2.89 bits per heavy atom. The summed E-state index contributed by atoms with van der Waals surface area (Å²) in [6.45, 7) is 2.19. The van der Waals surface area contributed by atoms with Crippen LogP contribution in [0.5, 0.6) is 0 Å². The van der Waals surface area contributed by atoms with Gasteiger partial charge in [-0.15, -0.1) is 16.4 Å². The van der Waals surface area contributed by atoms with Gasteiger partial charge < -0.3 is 11.1 Å². The first-order valence-corrected chi connectivity index (χ1v) is 10.8. The predicted octanol–water partition coefficient (Wildman–Crippen LogP) is 1.92. The molecule has 27 heavy (non-hydrogen) atoms. The summed E-state index contributed by atoms with van der Waals surface area (Å²) < 4.78 is 1.61. The molecule has 0 spiro atoms. The minimum absolute atomic E-state index is 0.105. The quantitative estimate of drug-likeness (QED) is 0.631. The van der Waals surface area contributed by atoms with Gasteiger partial charge in [0.1, 0.15) is 5.00 Å². The number of aromatic nitrogens is 3. The number of nitrogens with one attached hydrogen (secondary N) is 2. The standard InChI is InChI=1S/C17H21N5O3S2/c1-8-2-5-10-11(6-8)27-15(13(10)14(18)24)19-12(23)7-26-17-21-20-16(25)22(17)9-3-4-9/h8-9H,2-7H2,1H3,(H2,18,24)(H,19,23)(H,20,25)/t8-/m1/s1. The van der Waals surface area contributed by atoms with E-state index in [-0.39, 0.29) is 23.4 Å². The largest absolute Gasteiger partial charge is 0.365 e. The first-order valence-electron chi connectivity index (χ1n) is 8.98. The number of fused-ring (bicyclic) bond motifs is 1. The zero-order valence-corrected chi connectivity index (χ0v) is 16.5. The maximum atomic E-state index is 12.4. The normalized spacial score (nSPS) is 18.9. The molecule has 1 atom stereocenters. The van der Waals surface area contributed by atoms with E-state index in [0.29, 0.717) is 21.6 Å². The Morgan fingerprint density at radius 2 is 2.19 bits per heavy atom. The summed E-state index contributed by atoms with van der Waals surface area (Å²) >= 11 is 2.66. The Hall–Kier alpha value is -2.07. The smallest absolute Gasteiger partial charge is 0.344 e. The van der Waals surface area contributed by atoms with Crippen LogP contribution in [-0.2, 0) is 17.6 Å². The van der Waals surface area contributed by atoms with Crippen LogP contribution in [0.4, 0.5) is 5.00 Å². The number of primary amides is 1. The molecular weight excluding hydrogens is 386 g/mol. The molecule has 2 aliphatic carbocycles. The number of H-pyrrole nitrogens is 1. The number of thiophene rings is 1. The number of anilines is 1. The number of thioether (sulfide) groups is 1. The second kappa shape index (κ2) is 7.16. The number of carbonyl (C=O) groups is 2. The second-order valence-electron chi connectivity index (χ2n) is 7.17. The van der Waals surface area contributed by atoms with E-state index in [4.69, 9.17) is 5.73 Å². The number of rotatable bonds is 6. The van der Waals surface area contributed by atoms with Crippen molar-refractivity contribution >= 4 is 39.9 Å². The molecule has 2 aliphatic rings. The van der Waals surface area contributed by atoms with E-state index in [0.717, 1.165) is 42.5 Å². The summed E-state index contributed by atoms with van der Waals surface area (Å²) in [6.07, 6.45) is 4.66. The van der Waals surface area contributed by atoms with Gasteiger partial charge in [0.2, 0.25) is 5.91 Å². The summed E-state index contributed by atoms with van der Waals surface area (Å²) in [6, 6.07) is 0.189. The lowest BCUT2D eigenvalue weighted by molar-refractivity contribution is -0.113. The topological polar surface area (TPSA) is 123 Å². The highest BCUT2D eigenvalue weighted by Crippen LogP contribution is 2.40. The van der Waals surface area contributed by atoms with Gasteiger partial charge in [0.25, 0.3) is 5.91 Å². The maximum absolute atomic E-state index is 12.4. The molecule has 0 aliphatic heterocycles. The molecular formula is C17H21N5O3S2. The molecule has 4 N–H and O–H groups in total. The number of hydrogen-bond acceptors (Lipinski definition) is 6. The van der Waals surface area contributed by atoms with Crippen molar-refractivity contribution in [3.63, 3.8) is 0 Å². The van der Waals surface area contributed by atoms with Gasteiger partial charge in [-0.2, -0.15) is 0 Å². The fourth-order valence-corrected chi connectivity index (χ4v) is 5.69. The first-order chi connectivity index (χ1) is 12.9. The lowest BCUT2D eigenvalue weighted by atomic mass is 9.88. The fourth-order valence-electron chi connectivity index (χ4n) is 3.44. The summed E-state index contributed by atoms with van der Waals surface area (Å²) in [4.78, 5) is 37.3. The molecule has 1 saturated carbocycles. The molecule has 1 fully saturated rings. The summed E-state index contributed by atoms with van der Waals surface area (Å²) in [5, 5.41) is 10.3. The average Bonchev–Trinajstić information content (AvgIpc) is 3.28. The third-order valence-corrected chi connectivity index (χ3v) is 7.05. The number of nitrogens with two attached hydrogens (primary N) is 1. The van der Waals surface area contributed by atoms with Gasteiger partial charge in [-0.05, 0) is 43.6 Å². The highest BCUT2D eigenvalue weighted by molar-refractivity contribution is 7.99. The van der Waals surface area contributed by atoms with Crippen LogP contribution in [0.2, 0.25) is 0 Å². The highest BCUT2D eigenvalue weighted by Gasteiger charge is 2.29. The zero-order chi connectivity index (χ0) is 19.1. The molecule has 0 saturated heterocycles. The Bertz CT molecular complexity index is 956. The van der Waals surface area contributed by atoms with Crippen LogP contribution in [0, 0.1) is 5.92 Å². The third kappa shape index (κ3) is 3.68. The van der Waals surface area contributed by atoms with Gasteiger partial charge in [-0.1, -0.05) is 18.7 Å². The van der Waals surface area contributed by atoms with Crippen molar-refractivity contribution in [2.75, 3.05) is 11.1 Å². The fraction of sp³-hybridized carbons (Fsp3) is 0.529. The minimum Gasteiger partial charge on any atom is -0.365 e. The second-order valence-corrected chi connectivity index (χ2v) is 9.22. The predicted molar refractivity (Wildman–Crippen MR) is 104 cm³/mol. The van der Waals surface area contributed by atoms with Crippen LogP contribution in [0.1, 0.15) is 53.0 Å². The Balaban J connectivity index is 1.47. The van der Waals surface area contributed by atoms with Crippen molar-refractivity contribution in [2.45, 2.75) is 50.2 Å². The molecule has 8 nitrogen and oxygen atoms in total. The van der Waals surface area contributed by atoms with E-state index in [1.54, 1.807) is 4.57 Å². The van der Waals surface area contributed by atoms with Gasteiger partial charge in [-0.3, -0.25) is 14.2 Å². The first kappa shape index (κ1) is 18.3. The Labute approximate surface area is 163 Å². The van der Waals surface area contributed by atoms with Crippen LogP contribution in [0.3, 0.4) is 0 Å². The van der Waals surface area contributed by atoms with E-state index in [9.17, 15) is 14.4 Å². The number of aromatic amines is 1. The average molecular weight is 408 g/mol. The zero-order valence-electron chi connectivity index (χ0n) is 14.9. The van der Waals surface area contributed by atoms with Gasteiger partial charge >= 0.3 is 5.69 Å². The molecule has 0 bridgehead atoms. The number of nitrogens with zero attached hydrogens (tertiary/aromatic N) is 2. The molecule has 2 heterocycles. The van der Waals surface area contributed by atoms with E-state index < -0.39 is 5.91 Å². The molecule has 10 heteroatoms. The van der Waals surface area contributed by atoms with Gasteiger partial charge in [0, 0.05) is 10.9 Å². The summed E-state index contributed by atoms with van der Waals surface area (Å²) in [5.74, 6) is -0.0737. The Morgan fingerprint density at radius 1 is 1.41 bits per heavy atom. The van der Waals surface area contributed by atoms with Crippen molar-refractivity contribution in [1.29, 1.82) is 0 Å². The SMILES string of the molecule is C[C@@H]1CCc2c(sc(NC(=O)CSc3n[nH]c(=O)n3C3CC3)c2C(N)=O)C1. The number of carbonyl (C=O) groups excluding carboxylic acids is 2. The van der Waals surface area contributed by atoms with Crippen molar-refractivity contribution in [2.24, 2.45) is 11.7 Å². The van der Waals surface area contributed by atoms with E-state index in [1.165, 1.54) is 23.1 Å². The van der Waals surface area contributed by atoms with Crippen LogP contribution in [0.15, 0.2) is 9.95 Å². The van der Waals surface area contributed by atoms with Crippen LogP contribution in [-0.4, -0.2) is 32.3 Å². The molecule has 2 aromatic rings. The van der Waals surface area contributed by atoms with E-state index in [2.05, 4.69) is 22.4 Å². The van der Waals surface area contributed by atoms with Gasteiger partial charge in [0.15, 0.2) is 5.16 Å². The highest BCUT2D eigenvalue weighted by atomic mass is 32.2. The minimum atomic E-state index is -0.500. The molecule has 2 amide bonds. The summed E-state index contributed by atoms with van der Waals surface area (Å²) in [5.41, 5.74) is 6.78. The molecule has 2 aromatic heterocycles. The van der Waals surface area contributed by atoms with E-state index >= 15 is 0 Å². The van der Waals surface area contributed by atoms with Crippen LogP contribution >= 0.6 is 23.1 Å². The van der Waals surface area contributed by atoms with Crippen LogP contribution in [0.25, 0.3) is 0 Å². The lowest BCUT2D eigenvalue weighted by Gasteiger charge is -2.18. The van der Waals surface area contributed by atoms with Gasteiger partial charge in [0.05, 0.1) is 11.3 Å². The third-order valence-electron chi connectivity index (χ3n) is 4.93. The molecule has 144 valence electrons. The van der Waals surface area contributed by atoms with Crippen molar-refractivity contribution in [3.05, 3.63) is 26.5 Å². The monoisotopic (exact) mass is 407 g/mol. The lowest BCUT2D eigenvalue weighted by Crippen LogP contribution is -2.20. The van der Waals surface area contributed by atoms with Crippen molar-refractivity contribution in [1.82, 2.24) is 14.8 Å². The molecule has 0 aromatic carbocycles. The molecule has 0 unspecified atom stereocenters. The van der Waals surface area contributed by atoms with Crippen molar-refractivity contribution in [3.8, 4) is 0 Å². The van der Waals surface area contributed by atoms with Gasteiger partial charge in [-0.25, -0.2) is 9.89 Å². The van der Waals surface area contributed by atoms with Crippen molar-refractivity contribution < 1.29 is 9.59 Å². The number of amides is 2. The molecule has 4 rings (SSSR count). The molecule has 0 radical (unpaired) electrons. The Kier molecular flexibility index (Phi) is 4.85. The summed E-state index contributed by atoms with van der Waals surface area (Å²) in [7, 11) is 0. The maximum Gasteiger partial charge on any atom is 0.344 e.